The van der Waals surface area contributed by atoms with E-state index in [9.17, 15) is 4.57 Å². The zero-order valence-corrected chi connectivity index (χ0v) is 17.0. The molecule has 0 amide bonds. The van der Waals surface area contributed by atoms with Gasteiger partial charge in [-0.1, -0.05) is 73.3 Å². The van der Waals surface area contributed by atoms with Gasteiger partial charge in [0.1, 0.15) is 6.61 Å². The third-order valence-electron chi connectivity index (χ3n) is 3.70. The molecular weight excluding hydrogens is 397 g/mol. The molecule has 0 radical (unpaired) electrons. The molecule has 2 aliphatic carbocycles. The van der Waals surface area contributed by atoms with Crippen LogP contribution in [0.15, 0.2) is 0 Å². The van der Waals surface area contributed by atoms with Crippen molar-refractivity contribution in [1.29, 1.82) is 0 Å². The van der Waals surface area contributed by atoms with Gasteiger partial charge in [0, 0.05) is 12.1 Å². The van der Waals surface area contributed by atoms with Crippen molar-refractivity contribution in [2.24, 2.45) is 11.5 Å². The molecule has 0 aromatic rings. The quantitative estimate of drug-likeness (QED) is 0.390. The van der Waals surface area contributed by atoms with Crippen molar-refractivity contribution in [2.45, 2.75) is 80.1 Å². The lowest BCUT2D eigenvalue weighted by Gasteiger charge is -2.15. The van der Waals surface area contributed by atoms with Crippen LogP contribution in [0.2, 0.25) is 0 Å². The van der Waals surface area contributed by atoms with Gasteiger partial charge in [0.05, 0.1) is 0 Å². The smallest absolute Gasteiger partial charge is 0.328 e. The van der Waals surface area contributed by atoms with Gasteiger partial charge < -0.3 is 21.3 Å². The summed E-state index contributed by atoms with van der Waals surface area (Å²) in [4.78, 5) is 16.2. The van der Waals surface area contributed by atoms with Gasteiger partial charge in [0.2, 0.25) is 3.79 Å². The summed E-state index contributed by atoms with van der Waals surface area (Å²) < 4.78 is 12.0. The van der Waals surface area contributed by atoms with E-state index in [1.165, 1.54) is 64.2 Å². The number of phosphoric acid groups is 1. The van der Waals surface area contributed by atoms with E-state index in [0.29, 0.717) is 12.1 Å². The van der Waals surface area contributed by atoms with Gasteiger partial charge in [-0.25, -0.2) is 4.57 Å². The predicted molar refractivity (Wildman–Crippen MR) is 100 cm³/mol. The van der Waals surface area contributed by atoms with E-state index < -0.39 is 18.2 Å². The molecular formula is C14H30Cl3N2O4P. The van der Waals surface area contributed by atoms with E-state index in [-0.39, 0.29) is 0 Å². The van der Waals surface area contributed by atoms with Crippen LogP contribution >= 0.6 is 42.6 Å². The standard InChI is InChI=1S/2C6H13N.C2H4Cl3O4P/c2*7-6-4-2-1-3-5-6;3-2(4,5)1-9-10(6,7)8/h2*6H,1-5,7H2;1H2,(H2,6,7,8). The summed E-state index contributed by atoms with van der Waals surface area (Å²) in [5, 5.41) is 0. The van der Waals surface area contributed by atoms with Crippen molar-refractivity contribution in [3.8, 4) is 0 Å². The lowest BCUT2D eigenvalue weighted by molar-refractivity contribution is 0.200. The molecule has 0 saturated heterocycles. The second-order valence-electron chi connectivity index (χ2n) is 6.18. The SMILES string of the molecule is NC1CCCCC1.NC1CCCCC1.O=P(O)(O)OCC(Cl)(Cl)Cl. The molecule has 24 heavy (non-hydrogen) atoms. The molecule has 146 valence electrons. The second kappa shape index (κ2) is 13.1. The van der Waals surface area contributed by atoms with Gasteiger partial charge >= 0.3 is 7.82 Å². The Morgan fingerprint density at radius 1 is 0.875 bits per heavy atom. The normalized spacial score (nSPS) is 20.5. The fourth-order valence-corrected chi connectivity index (χ4v) is 3.18. The summed E-state index contributed by atoms with van der Waals surface area (Å²) in [7, 11) is -4.52. The van der Waals surface area contributed by atoms with Crippen molar-refractivity contribution in [1.82, 2.24) is 0 Å². The minimum Gasteiger partial charge on any atom is -0.328 e. The number of phosphoric ester groups is 1. The third-order valence-corrected chi connectivity index (χ3v) is 4.49. The lowest BCUT2D eigenvalue weighted by Crippen LogP contribution is -2.22. The van der Waals surface area contributed by atoms with E-state index in [2.05, 4.69) is 4.52 Å². The maximum Gasteiger partial charge on any atom is 0.469 e. The zero-order valence-electron chi connectivity index (χ0n) is 13.9. The molecule has 0 spiro atoms. The lowest BCUT2D eigenvalue weighted by atomic mass is 9.97. The van der Waals surface area contributed by atoms with E-state index in [0.717, 1.165) is 0 Å². The van der Waals surface area contributed by atoms with Crippen molar-refractivity contribution < 1.29 is 18.9 Å². The molecule has 2 saturated carbocycles. The summed E-state index contributed by atoms with van der Waals surface area (Å²) >= 11 is 15.3. The first-order chi connectivity index (χ1) is 11.0. The van der Waals surface area contributed by atoms with Crippen molar-refractivity contribution in [3.63, 3.8) is 0 Å². The largest absolute Gasteiger partial charge is 0.469 e. The first-order valence-corrected chi connectivity index (χ1v) is 10.9. The van der Waals surface area contributed by atoms with Crippen LogP contribution in [0.25, 0.3) is 0 Å². The number of halogens is 3. The average molecular weight is 428 g/mol. The van der Waals surface area contributed by atoms with Crippen molar-refractivity contribution >= 4 is 42.6 Å². The summed E-state index contributed by atoms with van der Waals surface area (Å²) in [6, 6.07) is 1.07. The average Bonchev–Trinajstić information content (AvgIpc) is 2.47. The number of hydrogen-bond donors (Lipinski definition) is 4. The Bertz CT molecular complexity index is 338. The molecule has 0 atom stereocenters. The van der Waals surface area contributed by atoms with Gasteiger partial charge in [-0.15, -0.1) is 0 Å². The number of hydrogen-bond acceptors (Lipinski definition) is 4. The van der Waals surface area contributed by atoms with E-state index in [1.54, 1.807) is 0 Å². The van der Waals surface area contributed by atoms with Crippen LogP contribution in [-0.4, -0.2) is 32.3 Å². The van der Waals surface area contributed by atoms with Crippen LogP contribution in [0.4, 0.5) is 0 Å². The highest BCUT2D eigenvalue weighted by Crippen LogP contribution is 2.39. The summed E-state index contributed by atoms with van der Waals surface area (Å²) in [5.41, 5.74) is 11.3. The van der Waals surface area contributed by atoms with Crippen molar-refractivity contribution in [3.05, 3.63) is 0 Å². The zero-order chi connectivity index (χ0) is 18.6. The highest BCUT2D eigenvalue weighted by molar-refractivity contribution is 7.46. The molecule has 0 aliphatic heterocycles. The van der Waals surface area contributed by atoms with Crippen LogP contribution in [0.1, 0.15) is 64.2 Å². The van der Waals surface area contributed by atoms with Gasteiger partial charge in [0.15, 0.2) is 0 Å². The summed E-state index contributed by atoms with van der Waals surface area (Å²) in [6.45, 7) is -0.637. The molecule has 2 rings (SSSR count). The first-order valence-electron chi connectivity index (χ1n) is 8.27. The third kappa shape index (κ3) is 19.2. The highest BCUT2D eigenvalue weighted by atomic mass is 35.6. The van der Waals surface area contributed by atoms with Gasteiger partial charge in [-0.05, 0) is 25.7 Å². The van der Waals surface area contributed by atoms with Gasteiger partial charge in [-0.2, -0.15) is 0 Å². The maximum absolute atomic E-state index is 9.97. The Hall–Kier alpha value is 0.900. The van der Waals surface area contributed by atoms with E-state index in [1.807, 2.05) is 0 Å². The molecule has 0 heterocycles. The van der Waals surface area contributed by atoms with Gasteiger partial charge in [0.25, 0.3) is 0 Å². The molecule has 10 heteroatoms. The Labute approximate surface area is 159 Å². The van der Waals surface area contributed by atoms with Crippen LogP contribution in [0, 0.1) is 0 Å². The fourth-order valence-electron chi connectivity index (χ4n) is 2.43. The second-order valence-corrected chi connectivity index (χ2v) is 9.93. The Balaban J connectivity index is 0.000000337. The predicted octanol–water partition coefficient (Wildman–Crippen LogP) is 4.02. The molecule has 0 unspecified atom stereocenters. The monoisotopic (exact) mass is 426 g/mol. The Morgan fingerprint density at radius 3 is 1.33 bits per heavy atom. The van der Waals surface area contributed by atoms with Crippen molar-refractivity contribution in [2.75, 3.05) is 6.61 Å². The minimum atomic E-state index is -4.52. The highest BCUT2D eigenvalue weighted by Gasteiger charge is 2.25. The Morgan fingerprint density at radius 2 is 1.21 bits per heavy atom. The van der Waals surface area contributed by atoms with E-state index in [4.69, 9.17) is 56.1 Å². The molecule has 0 aromatic heterocycles. The molecule has 6 nitrogen and oxygen atoms in total. The van der Waals surface area contributed by atoms with Crippen LogP contribution < -0.4 is 11.5 Å². The number of nitrogens with two attached hydrogens (primary N) is 2. The Kier molecular flexibility index (Phi) is 13.6. The number of rotatable bonds is 2. The molecule has 0 aromatic carbocycles. The van der Waals surface area contributed by atoms with E-state index >= 15 is 0 Å². The molecule has 2 aliphatic rings. The van der Waals surface area contributed by atoms with Gasteiger partial charge in [-0.3, -0.25) is 4.52 Å². The van der Waals surface area contributed by atoms with Crippen LogP contribution in [0.5, 0.6) is 0 Å². The molecule has 0 bridgehead atoms. The van der Waals surface area contributed by atoms with Crippen LogP contribution in [-0.2, 0) is 9.09 Å². The minimum absolute atomic E-state index is 0.536. The maximum atomic E-state index is 9.97. The summed E-state index contributed by atoms with van der Waals surface area (Å²) in [5.74, 6) is 0. The number of alkyl halides is 3. The first kappa shape index (κ1) is 24.9. The molecule has 6 N–H and O–H groups in total. The summed E-state index contributed by atoms with van der Waals surface area (Å²) in [6.07, 6.45) is 13.3. The topological polar surface area (TPSA) is 119 Å². The molecule has 2 fully saturated rings. The fraction of sp³-hybridized carbons (Fsp3) is 1.00. The van der Waals surface area contributed by atoms with Crippen LogP contribution in [0.3, 0.4) is 0 Å².